The first-order valence-corrected chi connectivity index (χ1v) is 7.82. The van der Waals surface area contributed by atoms with Gasteiger partial charge in [-0.25, -0.2) is 0 Å². The first kappa shape index (κ1) is 19.5. The molecule has 0 radical (unpaired) electrons. The smallest absolute Gasteiger partial charge is 0.125 e. The zero-order chi connectivity index (χ0) is 16.3. The van der Waals surface area contributed by atoms with Gasteiger partial charge in [0.25, 0.3) is 0 Å². The number of nitrogens with two attached hydrogens (primary N) is 1. The Hall–Kier alpha value is -1.51. The Labute approximate surface area is 146 Å². The standard InChI is InChI=1S/C20H27NO.ClH/c1-14-11-17(19(21)20(3,4)5)12-15(2)18(14)22-13-16-9-7-6-8-10-16;/h6-12,19H,13,21H2,1-5H3;1H/t19-;/m1./s1. The molecule has 0 spiro atoms. The minimum Gasteiger partial charge on any atom is -0.488 e. The Morgan fingerprint density at radius 3 is 2.00 bits per heavy atom. The van der Waals surface area contributed by atoms with Gasteiger partial charge in [0.15, 0.2) is 0 Å². The van der Waals surface area contributed by atoms with Crippen LogP contribution in [0.3, 0.4) is 0 Å². The molecule has 126 valence electrons. The molecule has 0 amide bonds. The lowest BCUT2D eigenvalue weighted by atomic mass is 9.82. The molecule has 1 atom stereocenters. The van der Waals surface area contributed by atoms with Crippen LogP contribution in [0, 0.1) is 19.3 Å². The molecule has 0 fully saturated rings. The highest BCUT2D eigenvalue weighted by atomic mass is 35.5. The molecule has 2 N–H and O–H groups in total. The van der Waals surface area contributed by atoms with Crippen molar-refractivity contribution in [3.05, 3.63) is 64.7 Å². The fourth-order valence-corrected chi connectivity index (χ4v) is 2.62. The lowest BCUT2D eigenvalue weighted by molar-refractivity contribution is 0.300. The summed E-state index contributed by atoms with van der Waals surface area (Å²) in [5.41, 5.74) is 11.1. The zero-order valence-electron chi connectivity index (χ0n) is 14.7. The number of benzene rings is 2. The fourth-order valence-electron chi connectivity index (χ4n) is 2.62. The summed E-state index contributed by atoms with van der Waals surface area (Å²) >= 11 is 0. The lowest BCUT2D eigenvalue weighted by Gasteiger charge is -2.28. The molecule has 0 saturated carbocycles. The highest BCUT2D eigenvalue weighted by molar-refractivity contribution is 5.85. The Morgan fingerprint density at radius 2 is 1.52 bits per heavy atom. The molecule has 0 aliphatic heterocycles. The molecule has 2 aromatic carbocycles. The summed E-state index contributed by atoms with van der Waals surface area (Å²) < 4.78 is 6.03. The second-order valence-corrected chi connectivity index (χ2v) is 7.10. The Kier molecular flexibility index (Phi) is 6.67. The van der Waals surface area contributed by atoms with Crippen LogP contribution in [0.2, 0.25) is 0 Å². The molecule has 0 aliphatic carbocycles. The van der Waals surface area contributed by atoms with Crippen LogP contribution < -0.4 is 10.5 Å². The molecule has 0 bridgehead atoms. The van der Waals surface area contributed by atoms with Crippen LogP contribution >= 0.6 is 12.4 Å². The second-order valence-electron chi connectivity index (χ2n) is 7.10. The van der Waals surface area contributed by atoms with Crippen molar-refractivity contribution in [2.24, 2.45) is 11.1 Å². The predicted molar refractivity (Wildman–Crippen MR) is 100 cm³/mol. The summed E-state index contributed by atoms with van der Waals surface area (Å²) in [5, 5.41) is 0. The molecule has 0 aromatic heterocycles. The first-order valence-electron chi connectivity index (χ1n) is 7.82. The van der Waals surface area contributed by atoms with Gasteiger partial charge < -0.3 is 10.5 Å². The summed E-state index contributed by atoms with van der Waals surface area (Å²) in [7, 11) is 0. The number of aryl methyl sites for hydroxylation is 2. The van der Waals surface area contributed by atoms with Crippen LogP contribution in [0.25, 0.3) is 0 Å². The maximum Gasteiger partial charge on any atom is 0.125 e. The summed E-state index contributed by atoms with van der Waals surface area (Å²) in [5.74, 6) is 0.966. The van der Waals surface area contributed by atoms with Crippen LogP contribution in [-0.4, -0.2) is 0 Å². The van der Waals surface area contributed by atoms with Crippen molar-refractivity contribution in [3.63, 3.8) is 0 Å². The monoisotopic (exact) mass is 333 g/mol. The lowest BCUT2D eigenvalue weighted by Crippen LogP contribution is -2.26. The van der Waals surface area contributed by atoms with Crippen molar-refractivity contribution in [2.45, 2.75) is 47.3 Å². The average Bonchev–Trinajstić information content (AvgIpc) is 2.45. The Balaban J connectivity index is 0.00000264. The predicted octanol–water partition coefficient (Wildman–Crippen LogP) is 5.35. The third-order valence-corrected chi connectivity index (χ3v) is 4.00. The molecule has 23 heavy (non-hydrogen) atoms. The minimum absolute atomic E-state index is 0. The molecule has 0 unspecified atom stereocenters. The van der Waals surface area contributed by atoms with E-state index in [1.807, 2.05) is 18.2 Å². The summed E-state index contributed by atoms with van der Waals surface area (Å²) in [6, 6.07) is 14.6. The van der Waals surface area contributed by atoms with Gasteiger partial charge in [0.1, 0.15) is 12.4 Å². The number of rotatable bonds is 4. The normalized spacial score (nSPS) is 12.4. The zero-order valence-corrected chi connectivity index (χ0v) is 15.5. The van der Waals surface area contributed by atoms with Gasteiger partial charge in [-0.3, -0.25) is 0 Å². The third-order valence-electron chi connectivity index (χ3n) is 4.00. The molecule has 2 aromatic rings. The van der Waals surface area contributed by atoms with Gasteiger partial charge in [0.05, 0.1) is 0 Å². The molecule has 0 aliphatic rings. The van der Waals surface area contributed by atoms with E-state index in [2.05, 4.69) is 58.9 Å². The van der Waals surface area contributed by atoms with Crippen molar-refractivity contribution in [3.8, 4) is 5.75 Å². The SMILES string of the molecule is Cc1cc([C@@H](N)C(C)(C)C)cc(C)c1OCc1ccccc1.Cl. The minimum atomic E-state index is 0. The van der Waals surface area contributed by atoms with Gasteiger partial charge in [-0.1, -0.05) is 63.2 Å². The second kappa shape index (κ2) is 7.85. The van der Waals surface area contributed by atoms with Crippen LogP contribution in [0.1, 0.15) is 49.1 Å². The average molecular weight is 334 g/mol. The first-order chi connectivity index (χ1) is 10.3. The van der Waals surface area contributed by atoms with Crippen LogP contribution in [-0.2, 0) is 6.61 Å². The van der Waals surface area contributed by atoms with Gasteiger partial charge in [0.2, 0.25) is 0 Å². The van der Waals surface area contributed by atoms with Crippen molar-refractivity contribution in [1.82, 2.24) is 0 Å². The van der Waals surface area contributed by atoms with E-state index in [9.17, 15) is 0 Å². The molecular weight excluding hydrogens is 306 g/mol. The van der Waals surface area contributed by atoms with E-state index in [0.717, 1.165) is 16.9 Å². The number of hydrogen-bond donors (Lipinski definition) is 1. The van der Waals surface area contributed by atoms with Crippen LogP contribution in [0.4, 0.5) is 0 Å². The van der Waals surface area contributed by atoms with Gasteiger partial charge in [-0.15, -0.1) is 12.4 Å². The number of ether oxygens (including phenoxy) is 1. The van der Waals surface area contributed by atoms with E-state index in [0.29, 0.717) is 6.61 Å². The molecule has 2 nitrogen and oxygen atoms in total. The Bertz CT molecular complexity index is 609. The topological polar surface area (TPSA) is 35.2 Å². The van der Waals surface area contributed by atoms with Crippen molar-refractivity contribution in [1.29, 1.82) is 0 Å². The maximum absolute atomic E-state index is 6.38. The third kappa shape index (κ3) is 4.98. The van der Waals surface area contributed by atoms with Crippen molar-refractivity contribution in [2.75, 3.05) is 0 Å². The molecule has 3 heteroatoms. The van der Waals surface area contributed by atoms with Gasteiger partial charge >= 0.3 is 0 Å². The summed E-state index contributed by atoms with van der Waals surface area (Å²) in [6.07, 6.45) is 0. The molecule has 2 rings (SSSR count). The number of halogens is 1. The molecule has 0 saturated heterocycles. The van der Waals surface area contributed by atoms with E-state index < -0.39 is 0 Å². The van der Waals surface area contributed by atoms with E-state index in [4.69, 9.17) is 10.5 Å². The van der Waals surface area contributed by atoms with E-state index in [1.165, 1.54) is 11.1 Å². The number of hydrogen-bond acceptors (Lipinski definition) is 2. The van der Waals surface area contributed by atoms with Gasteiger partial charge in [-0.2, -0.15) is 0 Å². The van der Waals surface area contributed by atoms with E-state index in [-0.39, 0.29) is 23.9 Å². The highest BCUT2D eigenvalue weighted by Gasteiger charge is 2.23. The quantitative estimate of drug-likeness (QED) is 0.818. The van der Waals surface area contributed by atoms with Crippen LogP contribution in [0.5, 0.6) is 5.75 Å². The van der Waals surface area contributed by atoms with E-state index >= 15 is 0 Å². The highest BCUT2D eigenvalue weighted by Crippen LogP contribution is 2.34. The summed E-state index contributed by atoms with van der Waals surface area (Å²) in [6.45, 7) is 11.3. The summed E-state index contributed by atoms with van der Waals surface area (Å²) in [4.78, 5) is 0. The van der Waals surface area contributed by atoms with Gasteiger partial charge in [-0.05, 0) is 41.5 Å². The largest absolute Gasteiger partial charge is 0.488 e. The molecule has 0 heterocycles. The molecular formula is C20H28ClNO. The Morgan fingerprint density at radius 1 is 1.00 bits per heavy atom. The van der Waals surface area contributed by atoms with Crippen molar-refractivity contribution < 1.29 is 4.74 Å². The van der Waals surface area contributed by atoms with Crippen LogP contribution in [0.15, 0.2) is 42.5 Å². The van der Waals surface area contributed by atoms with E-state index in [1.54, 1.807) is 0 Å². The fraction of sp³-hybridized carbons (Fsp3) is 0.400. The maximum atomic E-state index is 6.38. The van der Waals surface area contributed by atoms with Gasteiger partial charge in [0, 0.05) is 6.04 Å². The van der Waals surface area contributed by atoms with Crippen molar-refractivity contribution >= 4 is 12.4 Å².